The summed E-state index contributed by atoms with van der Waals surface area (Å²) in [5.41, 5.74) is 0.717. The highest BCUT2D eigenvalue weighted by molar-refractivity contribution is 6.29. The van der Waals surface area contributed by atoms with Gasteiger partial charge in [-0.05, 0) is 25.5 Å². The van der Waals surface area contributed by atoms with Gasteiger partial charge in [-0.1, -0.05) is 17.7 Å². The Balaban J connectivity index is 2.38. The van der Waals surface area contributed by atoms with Crippen LogP contribution in [0.5, 0.6) is 0 Å². The minimum absolute atomic E-state index is 0.121. The molecule has 11 heteroatoms. The van der Waals surface area contributed by atoms with Gasteiger partial charge in [-0.25, -0.2) is 4.98 Å². The summed E-state index contributed by atoms with van der Waals surface area (Å²) >= 11 is 5.81. The number of hydrogen-bond donors (Lipinski definition) is 2. The van der Waals surface area contributed by atoms with Gasteiger partial charge in [-0.15, -0.1) is 0 Å². The summed E-state index contributed by atoms with van der Waals surface area (Å²) in [6.07, 6.45) is 0.434. The first-order valence-corrected chi connectivity index (χ1v) is 9.12. The molecular weight excluding hydrogens is 390 g/mol. The summed E-state index contributed by atoms with van der Waals surface area (Å²) in [5, 5.41) is 31.4. The Morgan fingerprint density at radius 1 is 1.50 bits per heavy atom. The monoisotopic (exact) mass is 413 g/mol. The predicted molar refractivity (Wildman–Crippen MR) is 102 cm³/mol. The first-order valence-electron chi connectivity index (χ1n) is 8.74. The molecule has 0 fully saturated rings. The quantitative estimate of drug-likeness (QED) is 0.365. The number of aromatic nitrogens is 1. The van der Waals surface area contributed by atoms with Gasteiger partial charge in [0.15, 0.2) is 5.82 Å². The van der Waals surface area contributed by atoms with Crippen LogP contribution in [0.15, 0.2) is 29.8 Å². The highest BCUT2D eigenvalue weighted by Crippen LogP contribution is 2.25. The van der Waals surface area contributed by atoms with Crippen LogP contribution in [0.4, 0.5) is 0 Å². The fourth-order valence-electron chi connectivity index (χ4n) is 3.35. The lowest BCUT2D eigenvalue weighted by molar-refractivity contribution is -0.434. The summed E-state index contributed by atoms with van der Waals surface area (Å²) in [7, 11) is 1.66. The van der Waals surface area contributed by atoms with Gasteiger partial charge in [-0.2, -0.15) is 0 Å². The lowest BCUT2D eigenvalue weighted by Crippen LogP contribution is -2.56. The van der Waals surface area contributed by atoms with Crippen molar-refractivity contribution in [3.05, 3.63) is 50.7 Å². The summed E-state index contributed by atoms with van der Waals surface area (Å²) in [6.45, 7) is 4.06. The third-order valence-electron chi connectivity index (χ3n) is 4.53. The molecular formula is C17H24ClN5O5. The lowest BCUT2D eigenvalue weighted by atomic mass is 10.1. The van der Waals surface area contributed by atoms with Gasteiger partial charge < -0.3 is 20.0 Å². The standard InChI is InChI=1S/C17H24ClN5O5/c1-4-21(8-12-5-6-14(18)19-7-12)16-13(23(27)28)9-22(10-20(16)3)15(11(2)24)17(25)26/h5-7,11,15,24H,4,8-10H2,1-3H3,(H,25,26)/t11-,15-/m0/s1. The van der Waals surface area contributed by atoms with E-state index in [2.05, 4.69) is 4.98 Å². The van der Waals surface area contributed by atoms with E-state index in [1.54, 1.807) is 30.3 Å². The Morgan fingerprint density at radius 2 is 2.18 bits per heavy atom. The molecule has 2 atom stereocenters. The number of pyridine rings is 1. The molecule has 2 rings (SSSR count). The molecule has 10 nitrogen and oxygen atoms in total. The largest absolute Gasteiger partial charge is 0.480 e. The number of nitro groups is 1. The molecule has 1 aliphatic rings. The van der Waals surface area contributed by atoms with E-state index in [1.807, 2.05) is 11.8 Å². The molecule has 0 unspecified atom stereocenters. The van der Waals surface area contributed by atoms with Crippen molar-refractivity contribution in [2.24, 2.45) is 0 Å². The van der Waals surface area contributed by atoms with E-state index < -0.39 is 23.0 Å². The number of nitrogens with zero attached hydrogens (tertiary/aromatic N) is 5. The van der Waals surface area contributed by atoms with Gasteiger partial charge in [0, 0.05) is 26.3 Å². The summed E-state index contributed by atoms with van der Waals surface area (Å²) in [4.78, 5) is 31.7. The van der Waals surface area contributed by atoms with E-state index in [0.29, 0.717) is 24.1 Å². The van der Waals surface area contributed by atoms with Crippen LogP contribution in [0.2, 0.25) is 5.15 Å². The summed E-state index contributed by atoms with van der Waals surface area (Å²) in [5.74, 6) is -0.817. The van der Waals surface area contributed by atoms with Crippen molar-refractivity contribution < 1.29 is 19.9 Å². The average Bonchev–Trinajstić information content (AvgIpc) is 2.60. The van der Waals surface area contributed by atoms with Crippen molar-refractivity contribution in [1.82, 2.24) is 19.7 Å². The van der Waals surface area contributed by atoms with E-state index in [1.165, 1.54) is 11.8 Å². The van der Waals surface area contributed by atoms with Gasteiger partial charge in [0.1, 0.15) is 11.2 Å². The molecule has 0 saturated carbocycles. The molecule has 1 aromatic rings. The van der Waals surface area contributed by atoms with Gasteiger partial charge >= 0.3 is 5.97 Å². The first-order chi connectivity index (χ1) is 13.1. The van der Waals surface area contributed by atoms with Crippen LogP contribution in [-0.2, 0) is 11.3 Å². The molecule has 0 radical (unpaired) electrons. The van der Waals surface area contributed by atoms with Crippen LogP contribution in [0.25, 0.3) is 0 Å². The Morgan fingerprint density at radius 3 is 2.64 bits per heavy atom. The van der Waals surface area contributed by atoms with Crippen molar-refractivity contribution >= 4 is 17.6 Å². The summed E-state index contributed by atoms with van der Waals surface area (Å²) in [6, 6.07) is 2.21. The lowest BCUT2D eigenvalue weighted by Gasteiger charge is -2.41. The average molecular weight is 414 g/mol. The number of aliphatic hydroxyl groups is 1. The van der Waals surface area contributed by atoms with E-state index in [4.69, 9.17) is 11.6 Å². The van der Waals surface area contributed by atoms with E-state index >= 15 is 0 Å². The second-order valence-electron chi connectivity index (χ2n) is 6.64. The Hall–Kier alpha value is -2.43. The summed E-state index contributed by atoms with van der Waals surface area (Å²) < 4.78 is 0. The third kappa shape index (κ3) is 4.89. The Bertz CT molecular complexity index is 755. The second kappa shape index (κ2) is 9.18. The van der Waals surface area contributed by atoms with Crippen LogP contribution in [0, 0.1) is 10.1 Å². The number of aliphatic carboxylic acids is 1. The van der Waals surface area contributed by atoms with Crippen LogP contribution >= 0.6 is 11.6 Å². The number of halogens is 1. The van der Waals surface area contributed by atoms with E-state index in [-0.39, 0.29) is 18.9 Å². The van der Waals surface area contributed by atoms with Gasteiger partial charge in [0.05, 0.1) is 24.2 Å². The fourth-order valence-corrected chi connectivity index (χ4v) is 3.46. The number of hydrogen-bond acceptors (Lipinski definition) is 8. The fraction of sp³-hybridized carbons (Fsp3) is 0.529. The topological polar surface area (TPSA) is 123 Å². The van der Waals surface area contributed by atoms with Crippen molar-refractivity contribution in [2.75, 3.05) is 26.8 Å². The van der Waals surface area contributed by atoms with Gasteiger partial charge in [0.25, 0.3) is 5.70 Å². The van der Waals surface area contributed by atoms with Crippen LogP contribution in [0.1, 0.15) is 19.4 Å². The highest BCUT2D eigenvalue weighted by Gasteiger charge is 2.40. The number of rotatable bonds is 8. The van der Waals surface area contributed by atoms with E-state index in [9.17, 15) is 25.1 Å². The number of carboxylic acid groups (broad SMARTS) is 1. The number of aliphatic hydroxyl groups excluding tert-OH is 1. The molecule has 1 aliphatic heterocycles. The molecule has 2 N–H and O–H groups in total. The zero-order chi connectivity index (χ0) is 21.0. The van der Waals surface area contributed by atoms with E-state index in [0.717, 1.165) is 5.56 Å². The van der Waals surface area contributed by atoms with Crippen molar-refractivity contribution in [3.63, 3.8) is 0 Å². The molecule has 154 valence electrons. The molecule has 0 aliphatic carbocycles. The minimum Gasteiger partial charge on any atom is -0.480 e. The molecule has 0 bridgehead atoms. The third-order valence-corrected chi connectivity index (χ3v) is 4.76. The first kappa shape index (κ1) is 21.9. The predicted octanol–water partition coefficient (Wildman–Crippen LogP) is 1.04. The molecule has 0 amide bonds. The smallest absolute Gasteiger partial charge is 0.323 e. The van der Waals surface area contributed by atoms with Gasteiger partial charge in [0.2, 0.25) is 0 Å². The molecule has 1 aromatic heterocycles. The minimum atomic E-state index is -1.24. The number of carbonyl (C=O) groups is 1. The van der Waals surface area contributed by atoms with Crippen LogP contribution < -0.4 is 0 Å². The second-order valence-corrected chi connectivity index (χ2v) is 7.03. The Labute approximate surface area is 167 Å². The van der Waals surface area contributed by atoms with Gasteiger partial charge in [-0.3, -0.25) is 19.8 Å². The normalized spacial score (nSPS) is 17.4. The van der Waals surface area contributed by atoms with Crippen molar-refractivity contribution in [1.29, 1.82) is 0 Å². The zero-order valence-electron chi connectivity index (χ0n) is 15.9. The molecule has 0 saturated heterocycles. The number of carboxylic acids is 1. The van der Waals surface area contributed by atoms with Crippen molar-refractivity contribution in [2.45, 2.75) is 32.5 Å². The Kier molecular flexibility index (Phi) is 7.17. The van der Waals surface area contributed by atoms with Crippen LogP contribution in [-0.4, -0.2) is 79.7 Å². The SMILES string of the molecule is CCN(Cc1ccc(Cl)nc1)C1=C([N+](=O)[O-])CN([C@H](C(=O)O)[C@H](C)O)CN1C. The maximum Gasteiger partial charge on any atom is 0.323 e. The van der Waals surface area contributed by atoms with Crippen molar-refractivity contribution in [3.8, 4) is 0 Å². The molecule has 0 spiro atoms. The van der Waals surface area contributed by atoms with Crippen LogP contribution in [0.3, 0.4) is 0 Å². The molecule has 0 aromatic carbocycles. The highest BCUT2D eigenvalue weighted by atomic mass is 35.5. The maximum absolute atomic E-state index is 11.8. The zero-order valence-corrected chi connectivity index (χ0v) is 16.7. The molecule has 28 heavy (non-hydrogen) atoms. The molecule has 2 heterocycles. The maximum atomic E-state index is 11.8.